The van der Waals surface area contributed by atoms with Gasteiger partial charge >= 0.3 is 0 Å². The van der Waals surface area contributed by atoms with Gasteiger partial charge in [0.1, 0.15) is 0 Å². The highest BCUT2D eigenvalue weighted by molar-refractivity contribution is 4.93. The molecule has 0 nitrogen and oxygen atoms in total. The molecule has 2 fully saturated rings. The fraction of sp³-hybridized carbons (Fsp3) is 0.826. The number of allylic oxidation sites excluding steroid dienone is 3. The molecule has 0 aromatic heterocycles. The van der Waals surface area contributed by atoms with Crippen LogP contribution in [0.3, 0.4) is 0 Å². The van der Waals surface area contributed by atoms with Crippen molar-refractivity contribution < 1.29 is 0 Å². The summed E-state index contributed by atoms with van der Waals surface area (Å²) in [5, 5.41) is 0. The first-order valence-corrected chi connectivity index (χ1v) is 10.6. The fourth-order valence-corrected chi connectivity index (χ4v) is 4.94. The van der Waals surface area contributed by atoms with Gasteiger partial charge in [0, 0.05) is 0 Å². The summed E-state index contributed by atoms with van der Waals surface area (Å²) in [4.78, 5) is 0. The van der Waals surface area contributed by atoms with Crippen LogP contribution in [0, 0.1) is 23.7 Å². The zero-order valence-electron chi connectivity index (χ0n) is 15.6. The van der Waals surface area contributed by atoms with Gasteiger partial charge in [-0.15, -0.1) is 6.58 Å². The molecule has 0 saturated heterocycles. The minimum atomic E-state index is 0.876. The van der Waals surface area contributed by atoms with E-state index in [2.05, 4.69) is 25.7 Å². The molecule has 132 valence electrons. The van der Waals surface area contributed by atoms with Crippen molar-refractivity contribution in [1.82, 2.24) is 0 Å². The zero-order valence-corrected chi connectivity index (χ0v) is 15.6. The molecule has 0 aliphatic heterocycles. The van der Waals surface area contributed by atoms with Crippen LogP contribution in [-0.4, -0.2) is 0 Å². The van der Waals surface area contributed by atoms with Gasteiger partial charge in [-0.3, -0.25) is 0 Å². The highest BCUT2D eigenvalue weighted by Crippen LogP contribution is 2.42. The molecule has 0 atom stereocenters. The molecule has 0 aromatic carbocycles. The van der Waals surface area contributed by atoms with Crippen molar-refractivity contribution in [1.29, 1.82) is 0 Å². The minimum Gasteiger partial charge on any atom is -0.103 e. The van der Waals surface area contributed by atoms with Crippen LogP contribution in [0.1, 0.15) is 96.8 Å². The van der Waals surface area contributed by atoms with Crippen molar-refractivity contribution in [3.63, 3.8) is 0 Å². The highest BCUT2D eigenvalue weighted by atomic mass is 14.4. The van der Waals surface area contributed by atoms with Crippen molar-refractivity contribution in [3.8, 4) is 0 Å². The fourth-order valence-electron chi connectivity index (χ4n) is 4.94. The average molecular weight is 317 g/mol. The molecule has 2 rings (SSSR count). The van der Waals surface area contributed by atoms with E-state index in [1.165, 1.54) is 70.6 Å². The van der Waals surface area contributed by atoms with Crippen LogP contribution in [0.25, 0.3) is 0 Å². The van der Waals surface area contributed by atoms with Gasteiger partial charge in [0.2, 0.25) is 0 Å². The smallest absolute Gasteiger partial charge is 0.0233 e. The minimum absolute atomic E-state index is 0.876. The van der Waals surface area contributed by atoms with E-state index in [4.69, 9.17) is 0 Å². The number of hydrogen-bond acceptors (Lipinski definition) is 0. The molecule has 0 radical (unpaired) electrons. The zero-order chi connectivity index (χ0) is 16.3. The summed E-state index contributed by atoms with van der Waals surface area (Å²) in [6.45, 7) is 6.12. The second kappa shape index (κ2) is 11.1. The summed E-state index contributed by atoms with van der Waals surface area (Å²) in [6.07, 6.45) is 27.1. The van der Waals surface area contributed by atoms with Crippen molar-refractivity contribution in [2.24, 2.45) is 23.7 Å². The van der Waals surface area contributed by atoms with Gasteiger partial charge in [-0.1, -0.05) is 63.7 Å². The number of rotatable bonds is 9. The molecule has 0 heteroatoms. The standard InChI is InChI=1S/C23H40/c1-3-5-7-9-11-21-14-18-23(19-15-21)22-16-12-20(13-17-22)10-8-6-4-2/h3,9,11,20-23H,1,4-8,10,12-19H2,2H3. The second-order valence-corrected chi connectivity index (χ2v) is 8.25. The van der Waals surface area contributed by atoms with Crippen molar-refractivity contribution in [2.45, 2.75) is 96.8 Å². The number of hydrogen-bond donors (Lipinski definition) is 0. The first-order valence-electron chi connectivity index (χ1n) is 10.6. The summed E-state index contributed by atoms with van der Waals surface area (Å²) in [6, 6.07) is 0. The largest absolute Gasteiger partial charge is 0.103 e. The van der Waals surface area contributed by atoms with Crippen LogP contribution in [-0.2, 0) is 0 Å². The van der Waals surface area contributed by atoms with E-state index in [0.29, 0.717) is 0 Å². The summed E-state index contributed by atoms with van der Waals surface area (Å²) >= 11 is 0. The lowest BCUT2D eigenvalue weighted by atomic mass is 9.68. The van der Waals surface area contributed by atoms with E-state index >= 15 is 0 Å². The van der Waals surface area contributed by atoms with Crippen molar-refractivity contribution in [2.75, 3.05) is 0 Å². The molecule has 2 aliphatic rings. The van der Waals surface area contributed by atoms with E-state index in [0.717, 1.165) is 30.1 Å². The van der Waals surface area contributed by atoms with Gasteiger partial charge < -0.3 is 0 Å². The van der Waals surface area contributed by atoms with Gasteiger partial charge in [0.15, 0.2) is 0 Å². The Balaban J connectivity index is 1.61. The molecule has 0 N–H and O–H groups in total. The Kier molecular flexibility index (Phi) is 9.09. The monoisotopic (exact) mass is 316 g/mol. The van der Waals surface area contributed by atoms with E-state index < -0.39 is 0 Å². The van der Waals surface area contributed by atoms with E-state index in [9.17, 15) is 0 Å². The summed E-state index contributed by atoms with van der Waals surface area (Å²) < 4.78 is 0. The molecule has 0 heterocycles. The third-order valence-electron chi connectivity index (χ3n) is 6.54. The molecule has 23 heavy (non-hydrogen) atoms. The molecular formula is C23H40. The van der Waals surface area contributed by atoms with E-state index in [1.54, 1.807) is 12.8 Å². The van der Waals surface area contributed by atoms with Crippen LogP contribution in [0.4, 0.5) is 0 Å². The lowest BCUT2D eigenvalue weighted by Gasteiger charge is -2.37. The van der Waals surface area contributed by atoms with Gasteiger partial charge in [0.05, 0.1) is 0 Å². The summed E-state index contributed by atoms with van der Waals surface area (Å²) in [7, 11) is 0. The van der Waals surface area contributed by atoms with Gasteiger partial charge in [-0.05, 0) is 75.0 Å². The first kappa shape index (κ1) is 18.8. The van der Waals surface area contributed by atoms with Crippen LogP contribution >= 0.6 is 0 Å². The normalized spacial score (nSPS) is 32.2. The van der Waals surface area contributed by atoms with Crippen molar-refractivity contribution >= 4 is 0 Å². The lowest BCUT2D eigenvalue weighted by Crippen LogP contribution is -2.25. The van der Waals surface area contributed by atoms with Crippen molar-refractivity contribution in [3.05, 3.63) is 24.8 Å². The molecule has 0 aromatic rings. The summed E-state index contributed by atoms with van der Waals surface area (Å²) in [5.74, 6) is 4.08. The van der Waals surface area contributed by atoms with Crippen LogP contribution < -0.4 is 0 Å². The quantitative estimate of drug-likeness (QED) is 0.302. The Morgan fingerprint density at radius 1 is 0.826 bits per heavy atom. The van der Waals surface area contributed by atoms with Gasteiger partial charge in [-0.25, -0.2) is 0 Å². The Bertz CT molecular complexity index is 324. The number of unbranched alkanes of at least 4 members (excludes halogenated alkanes) is 3. The maximum absolute atomic E-state index is 3.80. The highest BCUT2D eigenvalue weighted by Gasteiger charge is 2.30. The Hall–Kier alpha value is -0.520. The maximum atomic E-state index is 3.80. The molecule has 2 saturated carbocycles. The van der Waals surface area contributed by atoms with E-state index in [-0.39, 0.29) is 0 Å². The van der Waals surface area contributed by atoms with Crippen LogP contribution in [0.15, 0.2) is 24.8 Å². The van der Waals surface area contributed by atoms with E-state index in [1.807, 2.05) is 6.08 Å². The van der Waals surface area contributed by atoms with Crippen LogP contribution in [0.5, 0.6) is 0 Å². The molecule has 2 aliphatic carbocycles. The van der Waals surface area contributed by atoms with Crippen LogP contribution in [0.2, 0.25) is 0 Å². The third-order valence-corrected chi connectivity index (χ3v) is 6.54. The SMILES string of the molecule is C=CCCC=CC1CCC(C2CCC(CCCCC)CC2)CC1. The summed E-state index contributed by atoms with van der Waals surface area (Å²) in [5.41, 5.74) is 0. The molecule has 0 bridgehead atoms. The predicted molar refractivity (Wildman–Crippen MR) is 104 cm³/mol. The molecular weight excluding hydrogens is 276 g/mol. The average Bonchev–Trinajstić information content (AvgIpc) is 2.60. The molecule has 0 amide bonds. The second-order valence-electron chi connectivity index (χ2n) is 8.25. The molecule has 0 unspecified atom stereocenters. The maximum Gasteiger partial charge on any atom is -0.0233 e. The Morgan fingerprint density at radius 3 is 2.09 bits per heavy atom. The Labute approximate surface area is 145 Å². The third kappa shape index (κ3) is 6.86. The van der Waals surface area contributed by atoms with Gasteiger partial charge in [-0.2, -0.15) is 0 Å². The predicted octanol–water partition coefficient (Wildman–Crippen LogP) is 7.70. The topological polar surface area (TPSA) is 0 Å². The first-order chi connectivity index (χ1) is 11.3. The van der Waals surface area contributed by atoms with Gasteiger partial charge in [0.25, 0.3) is 0 Å². The Morgan fingerprint density at radius 2 is 1.48 bits per heavy atom. The lowest BCUT2D eigenvalue weighted by molar-refractivity contribution is 0.151. The molecule has 0 spiro atoms.